The molecule has 1 aromatic heterocycles. The third kappa shape index (κ3) is 2.28. The van der Waals surface area contributed by atoms with Gasteiger partial charge < -0.3 is 15.5 Å². The summed E-state index contributed by atoms with van der Waals surface area (Å²) in [6, 6.07) is 9.14. The quantitative estimate of drug-likeness (QED) is 0.368. The van der Waals surface area contributed by atoms with Crippen LogP contribution < -0.4 is 5.73 Å². The SMILES string of the molecule is NC(=NO)[C@@H](c1ccc(F)cc1)n1cccc1. The van der Waals surface area contributed by atoms with E-state index >= 15 is 0 Å². The lowest BCUT2D eigenvalue weighted by molar-refractivity contribution is 0.315. The second kappa shape index (κ2) is 4.69. The van der Waals surface area contributed by atoms with Crippen molar-refractivity contribution in [2.45, 2.75) is 6.04 Å². The molecule has 88 valence electrons. The van der Waals surface area contributed by atoms with E-state index in [1.165, 1.54) is 12.1 Å². The van der Waals surface area contributed by atoms with Crippen LogP contribution in [0, 0.1) is 5.82 Å². The molecule has 0 aliphatic carbocycles. The molecule has 0 aliphatic heterocycles. The van der Waals surface area contributed by atoms with Crippen molar-refractivity contribution in [3.8, 4) is 0 Å². The summed E-state index contributed by atoms with van der Waals surface area (Å²) < 4.78 is 14.6. The molecule has 0 bridgehead atoms. The van der Waals surface area contributed by atoms with Crippen molar-refractivity contribution in [1.29, 1.82) is 0 Å². The first-order chi connectivity index (χ1) is 8.22. The zero-order valence-corrected chi connectivity index (χ0v) is 8.99. The van der Waals surface area contributed by atoms with Gasteiger partial charge in [0.1, 0.15) is 11.9 Å². The van der Waals surface area contributed by atoms with E-state index in [9.17, 15) is 4.39 Å². The molecule has 5 heteroatoms. The van der Waals surface area contributed by atoms with E-state index in [1.807, 2.05) is 12.1 Å². The Kier molecular flexibility index (Phi) is 3.09. The highest BCUT2D eigenvalue weighted by Gasteiger charge is 2.17. The first-order valence-corrected chi connectivity index (χ1v) is 5.07. The van der Waals surface area contributed by atoms with Crippen LogP contribution in [0.5, 0.6) is 0 Å². The van der Waals surface area contributed by atoms with Crippen molar-refractivity contribution in [3.63, 3.8) is 0 Å². The highest BCUT2D eigenvalue weighted by Crippen LogP contribution is 2.19. The number of nitrogens with two attached hydrogens (primary N) is 1. The monoisotopic (exact) mass is 233 g/mol. The summed E-state index contributed by atoms with van der Waals surface area (Å²) in [5.74, 6) is -0.271. The Labute approximate surface area is 97.8 Å². The van der Waals surface area contributed by atoms with Crippen molar-refractivity contribution in [2.24, 2.45) is 10.9 Å². The second-order valence-electron chi connectivity index (χ2n) is 3.61. The van der Waals surface area contributed by atoms with Crippen LogP contribution in [0.15, 0.2) is 53.9 Å². The molecule has 17 heavy (non-hydrogen) atoms. The van der Waals surface area contributed by atoms with Gasteiger partial charge in [-0.25, -0.2) is 4.39 Å². The fraction of sp³-hybridized carbons (Fsp3) is 0.0833. The number of oxime groups is 1. The molecule has 3 N–H and O–H groups in total. The Bertz CT molecular complexity index is 505. The van der Waals surface area contributed by atoms with Gasteiger partial charge in [-0.3, -0.25) is 0 Å². The first-order valence-electron chi connectivity index (χ1n) is 5.07. The lowest BCUT2D eigenvalue weighted by atomic mass is 10.1. The van der Waals surface area contributed by atoms with E-state index in [0.717, 1.165) is 5.56 Å². The predicted octanol–water partition coefficient (Wildman–Crippen LogP) is 1.96. The number of rotatable bonds is 3. The van der Waals surface area contributed by atoms with Gasteiger partial charge in [0, 0.05) is 12.4 Å². The average Bonchev–Trinajstić information content (AvgIpc) is 2.85. The van der Waals surface area contributed by atoms with Gasteiger partial charge in [0.05, 0.1) is 0 Å². The summed E-state index contributed by atoms with van der Waals surface area (Å²) in [6.45, 7) is 0. The fourth-order valence-corrected chi connectivity index (χ4v) is 1.72. The molecule has 2 rings (SSSR count). The molecular weight excluding hydrogens is 221 g/mol. The maximum absolute atomic E-state index is 12.9. The lowest BCUT2D eigenvalue weighted by Crippen LogP contribution is -2.27. The van der Waals surface area contributed by atoms with E-state index < -0.39 is 6.04 Å². The molecule has 0 saturated carbocycles. The molecule has 0 aliphatic rings. The molecule has 0 unspecified atom stereocenters. The van der Waals surface area contributed by atoms with Gasteiger partial charge in [0.15, 0.2) is 5.84 Å². The number of aromatic nitrogens is 1. The number of hydrogen-bond donors (Lipinski definition) is 2. The summed E-state index contributed by atoms with van der Waals surface area (Å²) in [4.78, 5) is 0. The molecule has 0 fully saturated rings. The lowest BCUT2D eigenvalue weighted by Gasteiger charge is -2.17. The van der Waals surface area contributed by atoms with Gasteiger partial charge in [-0.1, -0.05) is 17.3 Å². The summed E-state index contributed by atoms with van der Waals surface area (Å²) in [6.07, 6.45) is 3.60. The van der Waals surface area contributed by atoms with E-state index in [0.29, 0.717) is 0 Å². The van der Waals surface area contributed by atoms with Crippen LogP contribution in [0.25, 0.3) is 0 Å². The molecule has 0 spiro atoms. The topological polar surface area (TPSA) is 63.5 Å². The predicted molar refractivity (Wildman–Crippen MR) is 62.4 cm³/mol. The van der Waals surface area contributed by atoms with E-state index in [2.05, 4.69) is 5.16 Å². The standard InChI is InChI=1S/C12H12FN3O/c13-10-5-3-9(4-6-10)11(12(14)15-17)16-7-1-2-8-16/h1-8,11,17H,(H2,14,15)/t11-/m1/s1. The average molecular weight is 233 g/mol. The van der Waals surface area contributed by atoms with Crippen LogP contribution in [0.3, 0.4) is 0 Å². The van der Waals surface area contributed by atoms with Crippen molar-refractivity contribution in [2.75, 3.05) is 0 Å². The van der Waals surface area contributed by atoms with Gasteiger partial charge in [0.2, 0.25) is 0 Å². The Morgan fingerprint density at radius 1 is 1.24 bits per heavy atom. The molecule has 2 aromatic rings. The Morgan fingerprint density at radius 3 is 2.35 bits per heavy atom. The Morgan fingerprint density at radius 2 is 1.82 bits per heavy atom. The number of nitrogens with zero attached hydrogens (tertiary/aromatic N) is 2. The van der Waals surface area contributed by atoms with Crippen LogP contribution >= 0.6 is 0 Å². The molecule has 0 saturated heterocycles. The van der Waals surface area contributed by atoms with Crippen LogP contribution in [0.4, 0.5) is 4.39 Å². The minimum atomic E-state index is -0.435. The highest BCUT2D eigenvalue weighted by molar-refractivity contribution is 5.86. The second-order valence-corrected chi connectivity index (χ2v) is 3.61. The molecule has 1 aromatic carbocycles. The molecule has 1 heterocycles. The largest absolute Gasteiger partial charge is 0.409 e. The van der Waals surface area contributed by atoms with Crippen molar-refractivity contribution >= 4 is 5.84 Å². The smallest absolute Gasteiger partial charge is 0.166 e. The summed E-state index contributed by atoms with van der Waals surface area (Å²) in [5.41, 5.74) is 6.41. The number of halogens is 1. The summed E-state index contributed by atoms with van der Waals surface area (Å²) in [7, 11) is 0. The fourth-order valence-electron chi connectivity index (χ4n) is 1.72. The third-order valence-corrected chi connectivity index (χ3v) is 2.51. The van der Waals surface area contributed by atoms with Gasteiger partial charge in [-0.2, -0.15) is 0 Å². The maximum atomic E-state index is 12.9. The van der Waals surface area contributed by atoms with Gasteiger partial charge >= 0.3 is 0 Å². The number of hydrogen-bond acceptors (Lipinski definition) is 2. The van der Waals surface area contributed by atoms with Crippen LogP contribution in [0.2, 0.25) is 0 Å². The summed E-state index contributed by atoms with van der Waals surface area (Å²) >= 11 is 0. The maximum Gasteiger partial charge on any atom is 0.166 e. The zero-order chi connectivity index (χ0) is 12.3. The molecule has 4 nitrogen and oxygen atoms in total. The molecule has 1 atom stereocenters. The summed E-state index contributed by atoms with van der Waals surface area (Å²) in [5, 5.41) is 11.8. The van der Waals surface area contributed by atoms with Crippen molar-refractivity contribution < 1.29 is 9.60 Å². The first kappa shape index (κ1) is 11.2. The minimum Gasteiger partial charge on any atom is -0.409 e. The molecule has 0 amide bonds. The van der Waals surface area contributed by atoms with Crippen molar-refractivity contribution in [1.82, 2.24) is 4.57 Å². The number of benzene rings is 1. The van der Waals surface area contributed by atoms with Crippen LogP contribution in [-0.2, 0) is 0 Å². The highest BCUT2D eigenvalue weighted by atomic mass is 19.1. The minimum absolute atomic E-state index is 0.0489. The van der Waals surface area contributed by atoms with E-state index in [1.54, 1.807) is 29.1 Å². The van der Waals surface area contributed by atoms with Crippen molar-refractivity contribution in [3.05, 3.63) is 60.2 Å². The van der Waals surface area contributed by atoms with E-state index in [-0.39, 0.29) is 11.7 Å². The van der Waals surface area contributed by atoms with Crippen LogP contribution in [0.1, 0.15) is 11.6 Å². The van der Waals surface area contributed by atoms with Crippen LogP contribution in [-0.4, -0.2) is 15.6 Å². The van der Waals surface area contributed by atoms with Gasteiger partial charge in [0.25, 0.3) is 0 Å². The Hall–Kier alpha value is -2.30. The van der Waals surface area contributed by atoms with Gasteiger partial charge in [-0.15, -0.1) is 0 Å². The number of amidine groups is 1. The molecular formula is C12H12FN3O. The van der Waals surface area contributed by atoms with Gasteiger partial charge in [-0.05, 0) is 29.8 Å². The zero-order valence-electron chi connectivity index (χ0n) is 8.99. The third-order valence-electron chi connectivity index (χ3n) is 2.51. The normalized spacial score (nSPS) is 13.6. The Balaban J connectivity index is 2.44. The molecule has 0 radical (unpaired) electrons. The van der Waals surface area contributed by atoms with E-state index in [4.69, 9.17) is 10.9 Å².